The first kappa shape index (κ1) is 19.4. The molecule has 146 valence electrons. The summed E-state index contributed by atoms with van der Waals surface area (Å²) in [6.07, 6.45) is 0.0160. The minimum absolute atomic E-state index is 0.0160. The van der Waals surface area contributed by atoms with E-state index in [4.69, 9.17) is 9.47 Å². The molecule has 1 heterocycles. The molecule has 2 aromatic rings. The molecule has 2 aromatic carbocycles. The monoisotopic (exact) mass is 381 g/mol. The molecular formula is C21H23N3O4. The first-order valence-corrected chi connectivity index (χ1v) is 8.86. The van der Waals surface area contributed by atoms with Gasteiger partial charge in [0.2, 0.25) is 5.91 Å². The van der Waals surface area contributed by atoms with Crippen molar-refractivity contribution in [1.29, 1.82) is 0 Å². The Bertz CT molecular complexity index is 968. The van der Waals surface area contributed by atoms with Gasteiger partial charge in [-0.05, 0) is 55.3 Å². The molecule has 7 heteroatoms. The summed E-state index contributed by atoms with van der Waals surface area (Å²) in [4.78, 5) is 26.6. The third-order valence-corrected chi connectivity index (χ3v) is 4.54. The van der Waals surface area contributed by atoms with E-state index in [0.29, 0.717) is 28.7 Å². The van der Waals surface area contributed by atoms with Crippen molar-refractivity contribution in [2.75, 3.05) is 24.1 Å². The molecule has 0 saturated carbocycles. The van der Waals surface area contributed by atoms with E-state index in [9.17, 15) is 9.59 Å². The number of hydrogen-bond acceptors (Lipinski definition) is 5. The molecule has 0 fully saturated rings. The Morgan fingerprint density at radius 2 is 1.86 bits per heavy atom. The number of amides is 2. The lowest BCUT2D eigenvalue weighted by Crippen LogP contribution is -2.35. The number of carbonyl (C=O) groups is 2. The zero-order valence-corrected chi connectivity index (χ0v) is 16.6. The van der Waals surface area contributed by atoms with E-state index in [-0.39, 0.29) is 18.2 Å². The second-order valence-electron chi connectivity index (χ2n) is 6.58. The third kappa shape index (κ3) is 3.55. The van der Waals surface area contributed by atoms with Crippen molar-refractivity contribution < 1.29 is 19.1 Å². The second-order valence-corrected chi connectivity index (χ2v) is 6.58. The number of hydrazone groups is 1. The van der Waals surface area contributed by atoms with Gasteiger partial charge in [0.05, 0.1) is 32.0 Å². The number of methoxy groups -OCH3 is 2. The van der Waals surface area contributed by atoms with Crippen LogP contribution in [0.15, 0.2) is 41.5 Å². The molecule has 0 atom stereocenters. The Balaban J connectivity index is 2.04. The minimum Gasteiger partial charge on any atom is -0.497 e. The molecule has 0 aliphatic carbocycles. The highest BCUT2D eigenvalue weighted by molar-refractivity contribution is 6.25. The number of carbonyl (C=O) groups excluding carboxylic acids is 2. The Morgan fingerprint density at radius 3 is 2.46 bits per heavy atom. The summed E-state index contributed by atoms with van der Waals surface area (Å²) in [6, 6.07) is 10.9. The van der Waals surface area contributed by atoms with Gasteiger partial charge in [0.15, 0.2) is 0 Å². The second kappa shape index (κ2) is 7.72. The van der Waals surface area contributed by atoms with Crippen LogP contribution in [0.5, 0.6) is 11.5 Å². The maximum absolute atomic E-state index is 12.7. The van der Waals surface area contributed by atoms with Crippen LogP contribution in [0.2, 0.25) is 0 Å². The first-order valence-electron chi connectivity index (χ1n) is 8.86. The Labute approximate surface area is 164 Å². The fraction of sp³-hybridized carbons (Fsp3) is 0.286. The van der Waals surface area contributed by atoms with Gasteiger partial charge < -0.3 is 9.47 Å². The fourth-order valence-corrected chi connectivity index (χ4v) is 3.19. The molecule has 0 unspecified atom stereocenters. The van der Waals surface area contributed by atoms with E-state index in [1.807, 2.05) is 32.0 Å². The van der Waals surface area contributed by atoms with Crippen LogP contribution in [0, 0.1) is 13.8 Å². The average molecular weight is 381 g/mol. The highest BCUT2D eigenvalue weighted by Crippen LogP contribution is 2.33. The quantitative estimate of drug-likeness (QED) is 0.814. The van der Waals surface area contributed by atoms with Gasteiger partial charge in [-0.2, -0.15) is 10.1 Å². The third-order valence-electron chi connectivity index (χ3n) is 4.54. The lowest BCUT2D eigenvalue weighted by molar-refractivity contribution is -0.117. The Kier molecular flexibility index (Phi) is 5.35. The van der Waals surface area contributed by atoms with Crippen LogP contribution in [-0.4, -0.2) is 31.9 Å². The molecule has 1 aliphatic rings. The van der Waals surface area contributed by atoms with Gasteiger partial charge in [0, 0.05) is 6.92 Å². The number of rotatable bonds is 4. The number of ether oxygens (including phenoxy) is 2. The van der Waals surface area contributed by atoms with Crippen molar-refractivity contribution in [1.82, 2.24) is 0 Å². The molecule has 1 aliphatic heterocycles. The van der Waals surface area contributed by atoms with Gasteiger partial charge in [-0.25, -0.2) is 0 Å². The summed E-state index contributed by atoms with van der Waals surface area (Å²) in [5, 5.41) is 5.80. The molecule has 0 saturated heterocycles. The number of hydrogen-bond donors (Lipinski definition) is 0. The summed E-state index contributed by atoms with van der Waals surface area (Å²) in [6.45, 7) is 5.25. The summed E-state index contributed by atoms with van der Waals surface area (Å²) < 4.78 is 10.6. The Hall–Kier alpha value is -3.35. The number of nitrogens with zero attached hydrogens (tertiary/aromatic N) is 3. The standard InChI is InChI=1S/C21H23N3O4/c1-13-6-9-19(28-5)18(10-13)23(15(3)25)20-12-21(26)24(22-20)17-8-7-16(27-4)11-14(17)2/h6-11H,12H2,1-5H3. The van der Waals surface area contributed by atoms with E-state index in [1.54, 1.807) is 32.4 Å². The fourth-order valence-electron chi connectivity index (χ4n) is 3.19. The van der Waals surface area contributed by atoms with Crippen molar-refractivity contribution >= 4 is 29.0 Å². The number of aryl methyl sites for hydroxylation is 2. The molecular weight excluding hydrogens is 358 g/mol. The van der Waals surface area contributed by atoms with Crippen molar-refractivity contribution in [3.8, 4) is 11.5 Å². The Morgan fingerprint density at radius 1 is 1.11 bits per heavy atom. The van der Waals surface area contributed by atoms with E-state index >= 15 is 0 Å². The SMILES string of the molecule is COc1ccc(N2N=C(N(C(C)=O)c3cc(C)ccc3OC)CC2=O)c(C)c1. The minimum atomic E-state index is -0.247. The summed E-state index contributed by atoms with van der Waals surface area (Å²) in [5.74, 6) is 1.14. The van der Waals surface area contributed by atoms with Gasteiger partial charge in [-0.15, -0.1) is 0 Å². The highest BCUT2D eigenvalue weighted by atomic mass is 16.5. The number of amidine groups is 1. The highest BCUT2D eigenvalue weighted by Gasteiger charge is 2.33. The maximum atomic E-state index is 12.7. The topological polar surface area (TPSA) is 71.4 Å². The predicted molar refractivity (Wildman–Crippen MR) is 108 cm³/mol. The van der Waals surface area contributed by atoms with Crippen LogP contribution in [0.3, 0.4) is 0 Å². The zero-order valence-electron chi connectivity index (χ0n) is 16.6. The molecule has 3 rings (SSSR count). The van der Waals surface area contributed by atoms with Gasteiger partial charge >= 0.3 is 0 Å². The van der Waals surface area contributed by atoms with E-state index in [2.05, 4.69) is 5.10 Å². The predicted octanol–water partition coefficient (Wildman–Crippen LogP) is 3.42. The van der Waals surface area contributed by atoms with Crippen molar-refractivity contribution in [2.24, 2.45) is 5.10 Å². The van der Waals surface area contributed by atoms with Crippen molar-refractivity contribution in [3.05, 3.63) is 47.5 Å². The largest absolute Gasteiger partial charge is 0.497 e. The van der Waals surface area contributed by atoms with E-state index < -0.39 is 0 Å². The summed E-state index contributed by atoms with van der Waals surface area (Å²) in [5.41, 5.74) is 3.03. The van der Waals surface area contributed by atoms with E-state index in [1.165, 1.54) is 16.8 Å². The molecule has 0 N–H and O–H groups in total. The van der Waals surface area contributed by atoms with Crippen LogP contribution in [-0.2, 0) is 9.59 Å². The first-order chi connectivity index (χ1) is 13.3. The van der Waals surface area contributed by atoms with Crippen molar-refractivity contribution in [2.45, 2.75) is 27.2 Å². The molecule has 28 heavy (non-hydrogen) atoms. The van der Waals surface area contributed by atoms with Crippen LogP contribution < -0.4 is 19.4 Å². The molecule has 7 nitrogen and oxygen atoms in total. The summed E-state index contributed by atoms with van der Waals surface area (Å²) in [7, 11) is 3.13. The summed E-state index contributed by atoms with van der Waals surface area (Å²) >= 11 is 0. The molecule has 0 radical (unpaired) electrons. The smallest absolute Gasteiger partial charge is 0.255 e. The molecule has 2 amide bonds. The van der Waals surface area contributed by atoms with Crippen LogP contribution >= 0.6 is 0 Å². The van der Waals surface area contributed by atoms with Gasteiger partial charge in [0.25, 0.3) is 5.91 Å². The van der Waals surface area contributed by atoms with Crippen LogP contribution in [0.4, 0.5) is 11.4 Å². The lowest BCUT2D eigenvalue weighted by Gasteiger charge is -2.22. The number of anilines is 2. The molecule has 0 bridgehead atoms. The maximum Gasteiger partial charge on any atom is 0.255 e. The van der Waals surface area contributed by atoms with Gasteiger partial charge in [-0.3, -0.25) is 14.5 Å². The molecule has 0 spiro atoms. The number of benzene rings is 2. The lowest BCUT2D eigenvalue weighted by atomic mass is 10.1. The van der Waals surface area contributed by atoms with Crippen LogP contribution in [0.1, 0.15) is 24.5 Å². The molecule has 0 aromatic heterocycles. The van der Waals surface area contributed by atoms with Gasteiger partial charge in [-0.1, -0.05) is 6.07 Å². The zero-order chi connectivity index (χ0) is 20.4. The average Bonchev–Trinajstić information content (AvgIpc) is 3.02. The van der Waals surface area contributed by atoms with Gasteiger partial charge in [0.1, 0.15) is 17.3 Å². The normalized spacial score (nSPS) is 13.4. The van der Waals surface area contributed by atoms with Crippen molar-refractivity contribution in [3.63, 3.8) is 0 Å². The van der Waals surface area contributed by atoms with E-state index in [0.717, 1.165) is 11.1 Å². The van der Waals surface area contributed by atoms with Crippen LogP contribution in [0.25, 0.3) is 0 Å².